The summed E-state index contributed by atoms with van der Waals surface area (Å²) in [6.45, 7) is 4.33. The maximum absolute atomic E-state index is 12.8. The lowest BCUT2D eigenvalue weighted by Crippen LogP contribution is -2.30. The van der Waals surface area contributed by atoms with Gasteiger partial charge in [0, 0.05) is 30.4 Å². The van der Waals surface area contributed by atoms with Crippen LogP contribution in [-0.4, -0.2) is 37.0 Å². The first-order valence-corrected chi connectivity index (χ1v) is 10.4. The Kier molecular flexibility index (Phi) is 5.74. The van der Waals surface area contributed by atoms with Crippen LogP contribution in [0, 0.1) is 6.92 Å². The normalized spacial score (nSPS) is 18.1. The van der Waals surface area contributed by atoms with Crippen LogP contribution >= 0.6 is 0 Å². The minimum atomic E-state index is -0.406. The number of nitrogens with zero attached hydrogens (tertiary/aromatic N) is 2. The molecule has 0 radical (unpaired) electrons. The smallest absolute Gasteiger partial charge is 0.329 e. The van der Waals surface area contributed by atoms with Gasteiger partial charge in [-0.15, -0.1) is 0 Å². The molecular formula is C24H27N3O3. The number of imide groups is 1. The molecule has 2 aromatic carbocycles. The van der Waals surface area contributed by atoms with E-state index in [-0.39, 0.29) is 18.1 Å². The maximum Gasteiger partial charge on any atom is 0.329 e. The van der Waals surface area contributed by atoms with Crippen LogP contribution in [0.2, 0.25) is 0 Å². The monoisotopic (exact) mass is 405 g/mol. The Morgan fingerprint density at radius 2 is 1.87 bits per heavy atom. The molecule has 0 unspecified atom stereocenters. The summed E-state index contributed by atoms with van der Waals surface area (Å²) in [6, 6.07) is 13.4. The van der Waals surface area contributed by atoms with Crippen LogP contribution in [0.4, 0.5) is 10.5 Å². The Bertz CT molecular complexity index is 993. The maximum atomic E-state index is 12.8. The lowest BCUT2D eigenvalue weighted by Gasteiger charge is -2.29. The van der Waals surface area contributed by atoms with Gasteiger partial charge in [-0.25, -0.2) is 4.79 Å². The molecule has 2 aliphatic heterocycles. The largest absolute Gasteiger partial charge is 0.496 e. The molecule has 2 saturated heterocycles. The molecule has 0 spiro atoms. The van der Waals surface area contributed by atoms with E-state index in [0.717, 1.165) is 35.5 Å². The molecule has 156 valence electrons. The molecule has 4 rings (SSSR count). The molecule has 0 aromatic heterocycles. The number of hydrogen-bond donors (Lipinski definition) is 1. The Morgan fingerprint density at radius 3 is 2.60 bits per heavy atom. The van der Waals surface area contributed by atoms with Crippen molar-refractivity contribution in [3.63, 3.8) is 0 Å². The molecule has 0 aliphatic carbocycles. The van der Waals surface area contributed by atoms with Crippen LogP contribution in [0.1, 0.15) is 36.0 Å². The summed E-state index contributed by atoms with van der Waals surface area (Å²) in [5.74, 6) is 0.355. The molecule has 0 atom stereocenters. The predicted octanol–water partition coefficient (Wildman–Crippen LogP) is 4.09. The number of aryl methyl sites for hydroxylation is 1. The summed E-state index contributed by atoms with van der Waals surface area (Å²) in [5.41, 5.74) is 4.16. The van der Waals surface area contributed by atoms with Gasteiger partial charge in [0.15, 0.2) is 0 Å². The zero-order chi connectivity index (χ0) is 21.1. The van der Waals surface area contributed by atoms with E-state index in [2.05, 4.69) is 10.2 Å². The highest BCUT2D eigenvalue weighted by atomic mass is 16.5. The van der Waals surface area contributed by atoms with Crippen molar-refractivity contribution in [1.82, 2.24) is 10.2 Å². The molecule has 2 heterocycles. The molecule has 3 amide bonds. The highest BCUT2D eigenvalue weighted by molar-refractivity contribution is 6.14. The zero-order valence-electron chi connectivity index (χ0n) is 17.5. The second kappa shape index (κ2) is 8.61. The van der Waals surface area contributed by atoms with E-state index in [1.807, 2.05) is 49.4 Å². The topological polar surface area (TPSA) is 61.9 Å². The van der Waals surface area contributed by atoms with E-state index in [1.54, 1.807) is 13.2 Å². The molecule has 6 heteroatoms. The van der Waals surface area contributed by atoms with Crippen molar-refractivity contribution < 1.29 is 14.3 Å². The first-order chi connectivity index (χ1) is 14.5. The molecule has 30 heavy (non-hydrogen) atoms. The van der Waals surface area contributed by atoms with Crippen molar-refractivity contribution in [2.45, 2.75) is 32.7 Å². The van der Waals surface area contributed by atoms with Gasteiger partial charge in [0.2, 0.25) is 0 Å². The number of carbonyl (C=O) groups excluding carboxylic acids is 2. The van der Waals surface area contributed by atoms with Crippen molar-refractivity contribution in [2.24, 2.45) is 0 Å². The quantitative estimate of drug-likeness (QED) is 0.601. The number of urea groups is 1. The van der Waals surface area contributed by atoms with Gasteiger partial charge in [0.1, 0.15) is 11.4 Å². The number of nitrogens with one attached hydrogen (secondary N) is 1. The zero-order valence-corrected chi connectivity index (χ0v) is 17.5. The lowest BCUT2D eigenvalue weighted by atomic mass is 10.1. The highest BCUT2D eigenvalue weighted by Crippen LogP contribution is 2.30. The van der Waals surface area contributed by atoms with Gasteiger partial charge in [0.05, 0.1) is 13.7 Å². The van der Waals surface area contributed by atoms with Gasteiger partial charge in [-0.2, -0.15) is 0 Å². The van der Waals surface area contributed by atoms with Crippen molar-refractivity contribution in [3.8, 4) is 5.75 Å². The van der Waals surface area contributed by atoms with Crippen LogP contribution in [-0.2, 0) is 11.3 Å². The third-order valence-corrected chi connectivity index (χ3v) is 5.62. The SMILES string of the molecule is COc1cc(N2CCCCC2)ccc1C=C1NC(=O)N(Cc2cccc(C)c2)C1=O. The number of methoxy groups -OCH3 is 1. The van der Waals surface area contributed by atoms with Crippen molar-refractivity contribution in [3.05, 3.63) is 64.9 Å². The third kappa shape index (κ3) is 4.17. The van der Waals surface area contributed by atoms with Gasteiger partial charge in [-0.3, -0.25) is 9.69 Å². The Balaban J connectivity index is 1.55. The van der Waals surface area contributed by atoms with Gasteiger partial charge in [-0.1, -0.05) is 29.8 Å². The van der Waals surface area contributed by atoms with E-state index in [9.17, 15) is 9.59 Å². The Hall–Kier alpha value is -3.28. The summed E-state index contributed by atoms with van der Waals surface area (Å²) in [5, 5.41) is 2.70. The van der Waals surface area contributed by atoms with Crippen LogP contribution < -0.4 is 15.0 Å². The number of piperidine rings is 1. The average molecular weight is 405 g/mol. The fourth-order valence-electron chi connectivity index (χ4n) is 4.03. The first kappa shape index (κ1) is 20.0. The molecule has 1 N–H and O–H groups in total. The summed E-state index contributed by atoms with van der Waals surface area (Å²) >= 11 is 0. The van der Waals surface area contributed by atoms with Crippen molar-refractivity contribution >= 4 is 23.7 Å². The van der Waals surface area contributed by atoms with Crippen LogP contribution in [0.15, 0.2) is 48.2 Å². The standard InChI is InChI=1S/C24H27N3O3/c1-17-7-6-8-18(13-17)16-27-23(28)21(25-24(27)29)14-19-9-10-20(15-22(19)30-2)26-11-4-3-5-12-26/h6-10,13-15H,3-5,11-12,16H2,1-2H3,(H,25,29). The van der Waals surface area contributed by atoms with E-state index in [1.165, 1.54) is 24.2 Å². The summed E-state index contributed by atoms with van der Waals surface area (Å²) < 4.78 is 5.58. The molecular weight excluding hydrogens is 378 g/mol. The molecule has 2 aliphatic rings. The predicted molar refractivity (Wildman–Crippen MR) is 117 cm³/mol. The molecule has 2 fully saturated rings. The number of carbonyl (C=O) groups is 2. The number of benzene rings is 2. The van der Waals surface area contributed by atoms with Gasteiger partial charge in [-0.05, 0) is 50.0 Å². The minimum absolute atomic E-state index is 0.245. The molecule has 0 bridgehead atoms. The number of rotatable bonds is 5. The number of amides is 3. The number of anilines is 1. The van der Waals surface area contributed by atoms with Crippen LogP contribution in [0.5, 0.6) is 5.75 Å². The van der Waals surface area contributed by atoms with E-state index in [4.69, 9.17) is 4.74 Å². The van der Waals surface area contributed by atoms with E-state index in [0.29, 0.717) is 5.75 Å². The summed E-state index contributed by atoms with van der Waals surface area (Å²) in [6.07, 6.45) is 5.37. The molecule has 6 nitrogen and oxygen atoms in total. The fourth-order valence-corrected chi connectivity index (χ4v) is 4.03. The number of ether oxygens (including phenoxy) is 1. The van der Waals surface area contributed by atoms with E-state index < -0.39 is 6.03 Å². The molecule has 2 aromatic rings. The van der Waals surface area contributed by atoms with Crippen LogP contribution in [0.25, 0.3) is 6.08 Å². The third-order valence-electron chi connectivity index (χ3n) is 5.62. The lowest BCUT2D eigenvalue weighted by molar-refractivity contribution is -0.123. The Labute approximate surface area is 177 Å². The second-order valence-corrected chi connectivity index (χ2v) is 7.84. The van der Waals surface area contributed by atoms with E-state index >= 15 is 0 Å². The Morgan fingerprint density at radius 1 is 1.07 bits per heavy atom. The second-order valence-electron chi connectivity index (χ2n) is 7.84. The minimum Gasteiger partial charge on any atom is -0.496 e. The van der Waals surface area contributed by atoms with Gasteiger partial charge >= 0.3 is 6.03 Å². The molecule has 0 saturated carbocycles. The van der Waals surface area contributed by atoms with Gasteiger partial charge < -0.3 is 15.0 Å². The first-order valence-electron chi connectivity index (χ1n) is 10.4. The summed E-state index contributed by atoms with van der Waals surface area (Å²) in [4.78, 5) is 28.8. The number of hydrogen-bond acceptors (Lipinski definition) is 4. The van der Waals surface area contributed by atoms with Crippen molar-refractivity contribution in [2.75, 3.05) is 25.1 Å². The summed E-state index contributed by atoms with van der Waals surface area (Å²) in [7, 11) is 1.62. The average Bonchev–Trinajstić information content (AvgIpc) is 3.02. The highest BCUT2D eigenvalue weighted by Gasteiger charge is 2.33. The fraction of sp³-hybridized carbons (Fsp3) is 0.333. The van der Waals surface area contributed by atoms with Crippen LogP contribution in [0.3, 0.4) is 0 Å². The van der Waals surface area contributed by atoms with Gasteiger partial charge in [0.25, 0.3) is 5.91 Å². The van der Waals surface area contributed by atoms with Crippen molar-refractivity contribution in [1.29, 1.82) is 0 Å².